The number of carbonyl (C=O) groups is 1. The molecule has 1 amide bonds. The Hall–Kier alpha value is -2.50. The van der Waals surface area contributed by atoms with E-state index in [1.165, 1.54) is 0 Å². The van der Waals surface area contributed by atoms with Gasteiger partial charge in [0, 0.05) is 24.5 Å². The normalized spacial score (nSPS) is 13.1. The molecule has 0 spiro atoms. The number of ether oxygens (including phenoxy) is 2. The minimum absolute atomic E-state index is 0.193. The molecule has 1 aromatic carbocycles. The van der Waals surface area contributed by atoms with Crippen molar-refractivity contribution in [3.63, 3.8) is 0 Å². The van der Waals surface area contributed by atoms with Crippen molar-refractivity contribution in [3.8, 4) is 11.5 Å². The molecule has 0 radical (unpaired) electrons. The van der Waals surface area contributed by atoms with Crippen molar-refractivity contribution in [1.29, 1.82) is 0 Å². The second kappa shape index (κ2) is 5.24. The van der Waals surface area contributed by atoms with Gasteiger partial charge in [0.2, 0.25) is 0 Å². The van der Waals surface area contributed by atoms with Crippen molar-refractivity contribution in [1.82, 2.24) is 9.78 Å². The van der Waals surface area contributed by atoms with E-state index in [2.05, 4.69) is 10.4 Å². The van der Waals surface area contributed by atoms with Crippen molar-refractivity contribution in [2.45, 2.75) is 13.5 Å². The van der Waals surface area contributed by atoms with Gasteiger partial charge in [-0.25, -0.2) is 0 Å². The third-order valence-electron chi connectivity index (χ3n) is 3.05. The molecule has 0 fully saturated rings. The summed E-state index contributed by atoms with van der Waals surface area (Å²) < 4.78 is 12.6. The highest BCUT2D eigenvalue weighted by Gasteiger charge is 2.15. The van der Waals surface area contributed by atoms with Crippen LogP contribution in [0, 0.1) is 0 Å². The van der Waals surface area contributed by atoms with Crippen LogP contribution in [-0.4, -0.2) is 28.9 Å². The van der Waals surface area contributed by atoms with Crippen molar-refractivity contribution in [2.24, 2.45) is 0 Å². The number of hydrogen-bond acceptors (Lipinski definition) is 4. The van der Waals surface area contributed by atoms with Gasteiger partial charge in [0.15, 0.2) is 11.5 Å². The predicted molar refractivity (Wildman–Crippen MR) is 73.3 cm³/mol. The van der Waals surface area contributed by atoms with Crippen LogP contribution in [0.4, 0.5) is 5.69 Å². The Morgan fingerprint density at radius 3 is 2.90 bits per heavy atom. The van der Waals surface area contributed by atoms with Crippen molar-refractivity contribution >= 4 is 11.6 Å². The van der Waals surface area contributed by atoms with Gasteiger partial charge in [-0.3, -0.25) is 9.48 Å². The zero-order valence-electron chi connectivity index (χ0n) is 11.1. The molecule has 1 aromatic heterocycles. The topological polar surface area (TPSA) is 65.4 Å². The van der Waals surface area contributed by atoms with E-state index in [-0.39, 0.29) is 5.91 Å². The van der Waals surface area contributed by atoms with Crippen LogP contribution in [0.25, 0.3) is 0 Å². The van der Waals surface area contributed by atoms with Crippen molar-refractivity contribution < 1.29 is 14.3 Å². The molecule has 6 heteroatoms. The summed E-state index contributed by atoms with van der Waals surface area (Å²) in [5.74, 6) is 1.16. The highest BCUT2D eigenvalue weighted by atomic mass is 16.6. The summed E-state index contributed by atoms with van der Waals surface area (Å²) in [5.41, 5.74) is 1.20. The molecular formula is C14H15N3O3. The van der Waals surface area contributed by atoms with E-state index in [0.29, 0.717) is 42.6 Å². The number of hydrogen-bond donors (Lipinski definition) is 1. The van der Waals surface area contributed by atoms with E-state index < -0.39 is 0 Å². The van der Waals surface area contributed by atoms with Crippen LogP contribution < -0.4 is 14.8 Å². The molecule has 0 atom stereocenters. The Labute approximate surface area is 116 Å². The van der Waals surface area contributed by atoms with Crippen LogP contribution in [0.15, 0.2) is 30.5 Å². The smallest absolute Gasteiger partial charge is 0.273 e. The Bertz CT molecular complexity index is 636. The highest BCUT2D eigenvalue weighted by molar-refractivity contribution is 6.03. The quantitative estimate of drug-likeness (QED) is 0.928. The molecular weight excluding hydrogens is 258 g/mol. The minimum Gasteiger partial charge on any atom is -0.486 e. The number of anilines is 1. The first-order valence-corrected chi connectivity index (χ1v) is 6.50. The standard InChI is InChI=1S/C14H15N3O3/c1-2-17-11(5-6-15-17)14(18)16-10-3-4-12-13(9-10)20-8-7-19-12/h3-6,9H,2,7-8H2,1H3,(H,16,18). The number of nitrogens with zero attached hydrogens (tertiary/aromatic N) is 2. The summed E-state index contributed by atoms with van der Waals surface area (Å²) in [6.45, 7) is 3.66. The van der Waals surface area contributed by atoms with Gasteiger partial charge in [0.05, 0.1) is 0 Å². The number of carbonyl (C=O) groups excluding carboxylic acids is 1. The van der Waals surface area contributed by atoms with E-state index >= 15 is 0 Å². The average Bonchev–Trinajstić information content (AvgIpc) is 2.95. The highest BCUT2D eigenvalue weighted by Crippen LogP contribution is 2.32. The lowest BCUT2D eigenvalue weighted by atomic mass is 10.2. The molecule has 104 valence electrons. The van der Waals surface area contributed by atoms with Crippen LogP contribution in [0.3, 0.4) is 0 Å². The SMILES string of the molecule is CCn1nccc1C(=O)Nc1ccc2c(c1)OCCO2. The predicted octanol–water partition coefficient (Wildman–Crippen LogP) is 1.93. The maximum absolute atomic E-state index is 12.2. The lowest BCUT2D eigenvalue weighted by molar-refractivity contribution is 0.101. The molecule has 20 heavy (non-hydrogen) atoms. The lowest BCUT2D eigenvalue weighted by Gasteiger charge is -2.19. The first-order valence-electron chi connectivity index (χ1n) is 6.50. The molecule has 0 aliphatic carbocycles. The van der Waals surface area contributed by atoms with Crippen molar-refractivity contribution in [3.05, 3.63) is 36.2 Å². The summed E-state index contributed by atoms with van der Waals surface area (Å²) in [6.07, 6.45) is 1.61. The summed E-state index contributed by atoms with van der Waals surface area (Å²) in [7, 11) is 0. The fourth-order valence-corrected chi connectivity index (χ4v) is 2.09. The fourth-order valence-electron chi connectivity index (χ4n) is 2.09. The van der Waals surface area contributed by atoms with Gasteiger partial charge < -0.3 is 14.8 Å². The van der Waals surface area contributed by atoms with E-state index in [4.69, 9.17) is 9.47 Å². The van der Waals surface area contributed by atoms with E-state index in [9.17, 15) is 4.79 Å². The monoisotopic (exact) mass is 273 g/mol. The Balaban J connectivity index is 1.79. The number of nitrogens with one attached hydrogen (secondary N) is 1. The number of benzene rings is 1. The molecule has 1 aliphatic heterocycles. The molecule has 1 aliphatic rings. The molecule has 0 bridgehead atoms. The molecule has 2 aromatic rings. The second-order valence-electron chi connectivity index (χ2n) is 4.34. The molecule has 1 N–H and O–H groups in total. The van der Waals surface area contributed by atoms with Gasteiger partial charge >= 0.3 is 0 Å². The van der Waals surface area contributed by atoms with Gasteiger partial charge in [0.25, 0.3) is 5.91 Å². The Morgan fingerprint density at radius 2 is 2.10 bits per heavy atom. The second-order valence-corrected chi connectivity index (χ2v) is 4.34. The fraction of sp³-hybridized carbons (Fsp3) is 0.286. The first kappa shape index (κ1) is 12.5. The molecule has 3 rings (SSSR count). The van der Waals surface area contributed by atoms with Crippen LogP contribution in [0.1, 0.15) is 17.4 Å². The number of aryl methyl sites for hydroxylation is 1. The lowest BCUT2D eigenvalue weighted by Crippen LogP contribution is -2.18. The number of rotatable bonds is 3. The zero-order valence-corrected chi connectivity index (χ0v) is 11.1. The van der Waals surface area contributed by atoms with E-state index in [1.54, 1.807) is 35.1 Å². The maximum Gasteiger partial charge on any atom is 0.273 e. The maximum atomic E-state index is 12.2. The van der Waals surface area contributed by atoms with E-state index in [0.717, 1.165) is 0 Å². The number of amides is 1. The molecule has 0 unspecified atom stereocenters. The largest absolute Gasteiger partial charge is 0.486 e. The summed E-state index contributed by atoms with van der Waals surface area (Å²) in [4.78, 5) is 12.2. The average molecular weight is 273 g/mol. The van der Waals surface area contributed by atoms with Gasteiger partial charge in [-0.2, -0.15) is 5.10 Å². The third-order valence-corrected chi connectivity index (χ3v) is 3.05. The summed E-state index contributed by atoms with van der Waals surface area (Å²) >= 11 is 0. The minimum atomic E-state index is -0.193. The Kier molecular flexibility index (Phi) is 3.28. The molecule has 6 nitrogen and oxygen atoms in total. The number of fused-ring (bicyclic) bond motifs is 1. The first-order chi connectivity index (χ1) is 9.78. The van der Waals surface area contributed by atoms with Crippen LogP contribution in [0.5, 0.6) is 11.5 Å². The van der Waals surface area contributed by atoms with Gasteiger partial charge in [0.1, 0.15) is 18.9 Å². The Morgan fingerprint density at radius 1 is 1.30 bits per heavy atom. The van der Waals surface area contributed by atoms with E-state index in [1.807, 2.05) is 6.92 Å². The zero-order chi connectivity index (χ0) is 13.9. The molecule has 0 saturated heterocycles. The van der Waals surface area contributed by atoms with Crippen LogP contribution in [-0.2, 0) is 6.54 Å². The summed E-state index contributed by atoms with van der Waals surface area (Å²) in [5, 5.41) is 6.91. The van der Waals surface area contributed by atoms with Crippen LogP contribution in [0.2, 0.25) is 0 Å². The van der Waals surface area contributed by atoms with Crippen LogP contribution >= 0.6 is 0 Å². The van der Waals surface area contributed by atoms with Gasteiger partial charge in [-0.1, -0.05) is 0 Å². The number of aromatic nitrogens is 2. The summed E-state index contributed by atoms with van der Waals surface area (Å²) in [6, 6.07) is 7.04. The molecule has 2 heterocycles. The van der Waals surface area contributed by atoms with Crippen molar-refractivity contribution in [2.75, 3.05) is 18.5 Å². The van der Waals surface area contributed by atoms with Gasteiger partial charge in [-0.05, 0) is 25.1 Å². The van der Waals surface area contributed by atoms with Gasteiger partial charge in [-0.15, -0.1) is 0 Å². The molecule has 0 saturated carbocycles. The third kappa shape index (κ3) is 2.32.